The second-order valence-corrected chi connectivity index (χ2v) is 4.09. The van der Waals surface area contributed by atoms with Crippen LogP contribution < -0.4 is 0 Å². The van der Waals surface area contributed by atoms with E-state index in [1.54, 1.807) is 7.11 Å². The third kappa shape index (κ3) is 5.64. The van der Waals surface area contributed by atoms with E-state index in [1.165, 1.54) is 5.56 Å². The lowest BCUT2D eigenvalue weighted by molar-refractivity contribution is 0.186. The fourth-order valence-electron chi connectivity index (χ4n) is 1.82. The molecule has 0 N–H and O–H groups in total. The van der Waals surface area contributed by atoms with Crippen LogP contribution in [0.3, 0.4) is 0 Å². The molecule has 0 saturated heterocycles. The van der Waals surface area contributed by atoms with Crippen molar-refractivity contribution in [2.75, 3.05) is 7.11 Å². The van der Waals surface area contributed by atoms with Crippen molar-refractivity contribution in [3.8, 4) is 0 Å². The van der Waals surface area contributed by atoms with E-state index in [-0.39, 0.29) is 0 Å². The molecular weight excluding hydrogens is 236 g/mol. The van der Waals surface area contributed by atoms with Gasteiger partial charge in [-0.2, -0.15) is 0 Å². The Labute approximate surface area is 116 Å². The van der Waals surface area contributed by atoms with Gasteiger partial charge in [0.2, 0.25) is 0 Å². The summed E-state index contributed by atoms with van der Waals surface area (Å²) in [4.78, 5) is 0. The lowest BCUT2D eigenvalue weighted by Crippen LogP contribution is -1.94. The number of hydrogen-bond donors (Lipinski definition) is 0. The number of rotatable bonds is 4. The molecule has 1 aromatic carbocycles. The fourth-order valence-corrected chi connectivity index (χ4v) is 1.82. The van der Waals surface area contributed by atoms with Crippen molar-refractivity contribution in [2.45, 2.75) is 39.7 Å². The van der Waals surface area contributed by atoms with Crippen LogP contribution in [0.4, 0.5) is 0 Å². The Balaban J connectivity index is 0.000000861. The fraction of sp³-hybridized carbons (Fsp3) is 0.412. The van der Waals surface area contributed by atoms with Crippen molar-refractivity contribution >= 4 is 0 Å². The zero-order valence-corrected chi connectivity index (χ0v) is 12.2. The maximum Gasteiger partial charge on any atom is 0.118 e. The van der Waals surface area contributed by atoms with Gasteiger partial charge >= 0.3 is 0 Å². The van der Waals surface area contributed by atoms with E-state index in [0.717, 1.165) is 30.8 Å². The van der Waals surface area contributed by atoms with Gasteiger partial charge in [-0.05, 0) is 24.5 Å². The Kier molecular flexibility index (Phi) is 7.48. The minimum Gasteiger partial charge on any atom is -0.497 e. The minimum atomic E-state index is 0.629. The zero-order chi connectivity index (χ0) is 13.9. The molecule has 0 aliphatic heterocycles. The molecule has 0 fully saturated rings. The van der Waals surface area contributed by atoms with Gasteiger partial charge in [0.1, 0.15) is 18.1 Å². The Morgan fingerprint density at radius 3 is 2.53 bits per heavy atom. The van der Waals surface area contributed by atoms with E-state index in [9.17, 15) is 0 Å². The van der Waals surface area contributed by atoms with E-state index in [0.29, 0.717) is 6.61 Å². The van der Waals surface area contributed by atoms with Crippen LogP contribution in [0.2, 0.25) is 0 Å². The molecule has 0 aromatic heterocycles. The number of ether oxygens (including phenoxy) is 2. The van der Waals surface area contributed by atoms with E-state index in [1.807, 2.05) is 38.1 Å². The Morgan fingerprint density at radius 1 is 1.11 bits per heavy atom. The molecule has 0 saturated carbocycles. The molecule has 0 heterocycles. The third-order valence-electron chi connectivity index (χ3n) is 2.78. The van der Waals surface area contributed by atoms with Gasteiger partial charge in [0.05, 0.1) is 7.11 Å². The van der Waals surface area contributed by atoms with Crippen LogP contribution in [-0.2, 0) is 16.1 Å². The first-order valence-corrected chi connectivity index (χ1v) is 7.00. The molecule has 1 aromatic rings. The standard InChI is InChI=1S/C15H18O2.C2H6/c1-16-14-9-5-6-10-15(11-14)17-12-13-7-3-2-4-8-13;1-2/h2-4,7-9,11H,5-6,10,12H2,1H3;1-2H3. The van der Waals surface area contributed by atoms with Gasteiger partial charge in [0.25, 0.3) is 0 Å². The topological polar surface area (TPSA) is 18.5 Å². The van der Waals surface area contributed by atoms with Crippen LogP contribution in [0.5, 0.6) is 0 Å². The molecule has 2 nitrogen and oxygen atoms in total. The Bertz CT molecular complexity index is 405. The first-order valence-electron chi connectivity index (χ1n) is 7.00. The highest BCUT2D eigenvalue weighted by molar-refractivity contribution is 5.19. The highest BCUT2D eigenvalue weighted by atomic mass is 16.5. The van der Waals surface area contributed by atoms with Gasteiger partial charge in [-0.1, -0.05) is 44.2 Å². The molecule has 0 unspecified atom stereocenters. The molecule has 0 radical (unpaired) electrons. The monoisotopic (exact) mass is 260 g/mol. The quantitative estimate of drug-likeness (QED) is 0.772. The average molecular weight is 260 g/mol. The van der Waals surface area contributed by atoms with Crippen molar-refractivity contribution in [1.82, 2.24) is 0 Å². The van der Waals surface area contributed by atoms with Crippen LogP contribution in [0.15, 0.2) is 54.0 Å². The Morgan fingerprint density at radius 2 is 1.84 bits per heavy atom. The van der Waals surface area contributed by atoms with Gasteiger partial charge in [-0.25, -0.2) is 0 Å². The van der Waals surface area contributed by atoms with Crippen molar-refractivity contribution in [3.05, 3.63) is 59.6 Å². The summed E-state index contributed by atoms with van der Waals surface area (Å²) < 4.78 is 11.1. The average Bonchev–Trinajstić information content (AvgIpc) is 2.73. The number of allylic oxidation sites excluding steroid dienone is 3. The van der Waals surface area contributed by atoms with Crippen LogP contribution >= 0.6 is 0 Å². The largest absolute Gasteiger partial charge is 0.497 e. The normalized spacial score (nSPS) is 14.3. The van der Waals surface area contributed by atoms with Crippen molar-refractivity contribution < 1.29 is 9.47 Å². The summed E-state index contributed by atoms with van der Waals surface area (Å²) in [6, 6.07) is 10.2. The van der Waals surface area contributed by atoms with Crippen molar-refractivity contribution in [1.29, 1.82) is 0 Å². The summed E-state index contributed by atoms with van der Waals surface area (Å²) in [7, 11) is 1.70. The van der Waals surface area contributed by atoms with Crippen LogP contribution in [0, 0.1) is 0 Å². The van der Waals surface area contributed by atoms with Crippen molar-refractivity contribution in [3.63, 3.8) is 0 Å². The number of methoxy groups -OCH3 is 1. The van der Waals surface area contributed by atoms with Gasteiger partial charge in [0.15, 0.2) is 0 Å². The van der Waals surface area contributed by atoms with Crippen LogP contribution in [0.25, 0.3) is 0 Å². The second-order valence-electron chi connectivity index (χ2n) is 4.09. The lowest BCUT2D eigenvalue weighted by atomic mass is 10.2. The van der Waals surface area contributed by atoms with E-state index >= 15 is 0 Å². The molecule has 0 spiro atoms. The highest BCUT2D eigenvalue weighted by Crippen LogP contribution is 2.19. The first-order chi connectivity index (χ1) is 9.38. The van der Waals surface area contributed by atoms with E-state index in [4.69, 9.17) is 9.47 Å². The van der Waals surface area contributed by atoms with Gasteiger partial charge < -0.3 is 9.47 Å². The zero-order valence-electron chi connectivity index (χ0n) is 12.2. The lowest BCUT2D eigenvalue weighted by Gasteiger charge is -2.09. The van der Waals surface area contributed by atoms with Crippen molar-refractivity contribution in [2.24, 2.45) is 0 Å². The summed E-state index contributed by atoms with van der Waals surface area (Å²) in [5.41, 5.74) is 1.19. The molecule has 2 rings (SSSR count). The van der Waals surface area contributed by atoms with E-state index in [2.05, 4.69) is 18.2 Å². The third-order valence-corrected chi connectivity index (χ3v) is 2.78. The summed E-state index contributed by atoms with van der Waals surface area (Å²) in [6.45, 7) is 4.63. The molecule has 0 atom stereocenters. The predicted molar refractivity (Wildman–Crippen MR) is 79.6 cm³/mol. The number of hydrogen-bond acceptors (Lipinski definition) is 2. The maximum absolute atomic E-state index is 5.82. The van der Waals surface area contributed by atoms with E-state index < -0.39 is 0 Å². The smallest absolute Gasteiger partial charge is 0.118 e. The molecule has 1 aliphatic carbocycles. The molecule has 19 heavy (non-hydrogen) atoms. The summed E-state index contributed by atoms with van der Waals surface area (Å²) in [5, 5.41) is 0. The molecule has 0 bridgehead atoms. The Hall–Kier alpha value is -1.70. The van der Waals surface area contributed by atoms with Crippen LogP contribution in [-0.4, -0.2) is 7.11 Å². The molecule has 104 valence electrons. The summed E-state index contributed by atoms with van der Waals surface area (Å²) >= 11 is 0. The summed E-state index contributed by atoms with van der Waals surface area (Å²) in [6.07, 6.45) is 7.26. The van der Waals surface area contributed by atoms with Gasteiger partial charge in [0, 0.05) is 12.5 Å². The minimum absolute atomic E-state index is 0.629. The maximum atomic E-state index is 5.82. The predicted octanol–water partition coefficient (Wildman–Crippen LogP) is 4.83. The van der Waals surface area contributed by atoms with Crippen LogP contribution in [0.1, 0.15) is 38.7 Å². The van der Waals surface area contributed by atoms with Gasteiger partial charge in [-0.15, -0.1) is 0 Å². The molecule has 2 heteroatoms. The molecule has 1 aliphatic rings. The molecular formula is C17H24O2. The second kappa shape index (κ2) is 9.26. The summed E-state index contributed by atoms with van der Waals surface area (Å²) in [5.74, 6) is 1.92. The molecule has 0 amide bonds. The first kappa shape index (κ1) is 15.4. The van der Waals surface area contributed by atoms with Gasteiger partial charge in [-0.3, -0.25) is 0 Å². The number of benzene rings is 1. The highest BCUT2D eigenvalue weighted by Gasteiger charge is 2.05. The SMILES string of the molecule is CC.COC1=CCCCC(OCc2ccccc2)=C1.